The highest BCUT2D eigenvalue weighted by molar-refractivity contribution is 5.68. The predicted octanol–water partition coefficient (Wildman–Crippen LogP) is 2.69. The molecule has 0 aliphatic rings. The van der Waals surface area contributed by atoms with Crippen LogP contribution in [-0.4, -0.2) is 21.2 Å². The average molecular weight is 292 g/mol. The second-order valence-electron chi connectivity index (χ2n) is 4.66. The summed E-state index contributed by atoms with van der Waals surface area (Å²) in [5.74, 6) is 1.09. The van der Waals surface area contributed by atoms with Crippen molar-refractivity contribution in [1.29, 1.82) is 0 Å². The molecule has 0 atom stereocenters. The van der Waals surface area contributed by atoms with Gasteiger partial charge in [-0.15, -0.1) is 0 Å². The molecule has 21 heavy (non-hydrogen) atoms. The Labute approximate surface area is 121 Å². The van der Waals surface area contributed by atoms with E-state index in [4.69, 9.17) is 9.26 Å². The summed E-state index contributed by atoms with van der Waals surface area (Å²) in [6.07, 6.45) is -0.155. The molecule has 8 heteroatoms. The Hall–Kier alpha value is -2.64. The highest BCUT2D eigenvalue weighted by Gasteiger charge is 2.22. The van der Waals surface area contributed by atoms with Crippen molar-refractivity contribution in [3.8, 4) is 5.75 Å². The molecule has 0 saturated heterocycles. The Kier molecular flexibility index (Phi) is 4.36. The maximum Gasteiger partial charge on any atom is 0.333 e. The van der Waals surface area contributed by atoms with Crippen molar-refractivity contribution >= 4 is 11.4 Å². The van der Waals surface area contributed by atoms with Crippen LogP contribution in [-0.2, 0) is 6.54 Å². The number of hydrogen-bond donors (Lipinski definition) is 1. The summed E-state index contributed by atoms with van der Waals surface area (Å²) in [6.45, 7) is 5.52. The third-order valence-electron chi connectivity index (χ3n) is 2.54. The van der Waals surface area contributed by atoms with Gasteiger partial charge in [0, 0.05) is 0 Å². The quantitative estimate of drug-likeness (QED) is 0.644. The smallest absolute Gasteiger partial charge is 0.333 e. The molecule has 2 rings (SSSR count). The summed E-state index contributed by atoms with van der Waals surface area (Å²) >= 11 is 0. The van der Waals surface area contributed by atoms with Gasteiger partial charge in [-0.05, 0) is 32.9 Å². The lowest BCUT2D eigenvalue weighted by atomic mass is 10.2. The normalized spacial score (nSPS) is 10.7. The van der Waals surface area contributed by atoms with Crippen molar-refractivity contribution in [3.63, 3.8) is 0 Å². The third-order valence-corrected chi connectivity index (χ3v) is 2.54. The molecule has 0 saturated carbocycles. The lowest BCUT2D eigenvalue weighted by molar-refractivity contribution is -0.385. The fourth-order valence-electron chi connectivity index (χ4n) is 1.79. The molecule has 1 N–H and O–H groups in total. The molecule has 112 valence electrons. The number of aryl methyl sites for hydroxylation is 1. The number of para-hydroxylation sites is 1. The zero-order chi connectivity index (χ0) is 15.4. The summed E-state index contributed by atoms with van der Waals surface area (Å²) in [7, 11) is 0. The second-order valence-corrected chi connectivity index (χ2v) is 4.66. The van der Waals surface area contributed by atoms with Crippen LogP contribution in [0.1, 0.15) is 25.6 Å². The van der Waals surface area contributed by atoms with Crippen molar-refractivity contribution in [2.24, 2.45) is 0 Å². The number of rotatable bonds is 6. The molecular formula is C13H16N4O4. The Balaban J connectivity index is 2.23. The van der Waals surface area contributed by atoms with Gasteiger partial charge < -0.3 is 14.6 Å². The Morgan fingerprint density at radius 2 is 2.24 bits per heavy atom. The van der Waals surface area contributed by atoms with E-state index < -0.39 is 4.92 Å². The van der Waals surface area contributed by atoms with Crippen LogP contribution in [0.5, 0.6) is 5.75 Å². The van der Waals surface area contributed by atoms with Crippen LogP contribution in [0, 0.1) is 17.0 Å². The van der Waals surface area contributed by atoms with Gasteiger partial charge in [-0.1, -0.05) is 11.2 Å². The molecule has 0 bridgehead atoms. The van der Waals surface area contributed by atoms with Gasteiger partial charge in [0.2, 0.25) is 5.89 Å². The SMILES string of the molecule is Cc1noc(CNc2cccc(OC(C)C)c2[N+](=O)[O-])n1. The standard InChI is InChI=1S/C13H16N4O4/c1-8(2)20-11-6-4-5-10(13(11)17(18)19)14-7-12-15-9(3)16-21-12/h4-6,8,14H,7H2,1-3H3. The average Bonchev–Trinajstić information content (AvgIpc) is 2.81. The first-order valence-corrected chi connectivity index (χ1v) is 6.44. The Morgan fingerprint density at radius 1 is 1.48 bits per heavy atom. The Bertz CT molecular complexity index is 639. The number of nitro groups is 1. The molecule has 1 heterocycles. The van der Waals surface area contributed by atoms with Crippen molar-refractivity contribution in [2.45, 2.75) is 33.4 Å². The van der Waals surface area contributed by atoms with Gasteiger partial charge in [0.1, 0.15) is 5.69 Å². The minimum absolute atomic E-state index is 0.109. The monoisotopic (exact) mass is 292 g/mol. The number of nitrogens with zero attached hydrogens (tertiary/aromatic N) is 3. The van der Waals surface area contributed by atoms with E-state index in [0.29, 0.717) is 17.4 Å². The molecule has 1 aromatic carbocycles. The van der Waals surface area contributed by atoms with Crippen LogP contribution >= 0.6 is 0 Å². The molecule has 0 aliphatic carbocycles. The van der Waals surface area contributed by atoms with Gasteiger partial charge >= 0.3 is 5.69 Å². The van der Waals surface area contributed by atoms with Crippen LogP contribution in [0.4, 0.5) is 11.4 Å². The highest BCUT2D eigenvalue weighted by Crippen LogP contribution is 2.35. The van der Waals surface area contributed by atoms with E-state index in [1.165, 1.54) is 0 Å². The van der Waals surface area contributed by atoms with Crippen LogP contribution in [0.15, 0.2) is 22.7 Å². The molecule has 0 radical (unpaired) electrons. The molecular weight excluding hydrogens is 276 g/mol. The molecule has 0 spiro atoms. The number of anilines is 1. The number of hydrogen-bond acceptors (Lipinski definition) is 7. The minimum atomic E-state index is -0.473. The lowest BCUT2D eigenvalue weighted by Crippen LogP contribution is -2.09. The van der Waals surface area contributed by atoms with E-state index in [9.17, 15) is 10.1 Å². The lowest BCUT2D eigenvalue weighted by Gasteiger charge is -2.12. The second kappa shape index (κ2) is 6.21. The predicted molar refractivity (Wildman–Crippen MR) is 75.2 cm³/mol. The number of nitrogens with one attached hydrogen (secondary N) is 1. The maximum atomic E-state index is 11.3. The number of ether oxygens (including phenoxy) is 1. The van der Waals surface area contributed by atoms with Crippen LogP contribution in [0.3, 0.4) is 0 Å². The molecule has 0 unspecified atom stereocenters. The molecule has 0 aliphatic heterocycles. The van der Waals surface area contributed by atoms with Gasteiger partial charge in [-0.3, -0.25) is 10.1 Å². The first-order chi connectivity index (χ1) is 9.97. The summed E-state index contributed by atoms with van der Waals surface area (Å²) in [5.41, 5.74) is 0.233. The zero-order valence-corrected chi connectivity index (χ0v) is 12.0. The molecule has 8 nitrogen and oxygen atoms in total. The van der Waals surface area contributed by atoms with E-state index in [0.717, 1.165) is 0 Å². The van der Waals surface area contributed by atoms with Crippen molar-refractivity contribution in [1.82, 2.24) is 10.1 Å². The number of nitro benzene ring substituents is 1. The molecule has 0 fully saturated rings. The summed E-state index contributed by atoms with van der Waals surface area (Å²) < 4.78 is 10.4. The van der Waals surface area contributed by atoms with E-state index in [2.05, 4.69) is 15.5 Å². The highest BCUT2D eigenvalue weighted by atomic mass is 16.6. The van der Waals surface area contributed by atoms with Crippen molar-refractivity contribution in [3.05, 3.63) is 40.0 Å². The topological polar surface area (TPSA) is 103 Å². The van der Waals surface area contributed by atoms with Gasteiger partial charge in [0.15, 0.2) is 11.6 Å². The first-order valence-electron chi connectivity index (χ1n) is 6.44. The zero-order valence-electron chi connectivity index (χ0n) is 12.0. The van der Waals surface area contributed by atoms with E-state index >= 15 is 0 Å². The van der Waals surface area contributed by atoms with E-state index in [1.807, 2.05) is 13.8 Å². The van der Waals surface area contributed by atoms with E-state index in [-0.39, 0.29) is 24.1 Å². The Morgan fingerprint density at radius 3 is 2.81 bits per heavy atom. The largest absolute Gasteiger partial charge is 0.484 e. The maximum absolute atomic E-state index is 11.3. The van der Waals surface area contributed by atoms with Crippen LogP contribution < -0.4 is 10.1 Å². The van der Waals surface area contributed by atoms with Crippen LogP contribution in [0.2, 0.25) is 0 Å². The minimum Gasteiger partial charge on any atom is -0.484 e. The van der Waals surface area contributed by atoms with Crippen LogP contribution in [0.25, 0.3) is 0 Å². The van der Waals surface area contributed by atoms with E-state index in [1.54, 1.807) is 25.1 Å². The number of aromatic nitrogens is 2. The molecule has 1 aromatic heterocycles. The first kappa shape index (κ1) is 14.8. The van der Waals surface area contributed by atoms with Crippen molar-refractivity contribution in [2.75, 3.05) is 5.32 Å². The summed E-state index contributed by atoms with van der Waals surface area (Å²) in [4.78, 5) is 14.8. The molecule has 2 aromatic rings. The van der Waals surface area contributed by atoms with Gasteiger partial charge in [-0.2, -0.15) is 4.98 Å². The fraction of sp³-hybridized carbons (Fsp3) is 0.385. The van der Waals surface area contributed by atoms with Crippen molar-refractivity contribution < 1.29 is 14.2 Å². The molecule has 0 amide bonds. The van der Waals surface area contributed by atoms with Gasteiger partial charge in [-0.25, -0.2) is 0 Å². The third kappa shape index (κ3) is 3.68. The summed E-state index contributed by atoms with van der Waals surface area (Å²) in [6, 6.07) is 4.86. The number of benzene rings is 1. The fourth-order valence-corrected chi connectivity index (χ4v) is 1.79. The van der Waals surface area contributed by atoms with Gasteiger partial charge in [0.25, 0.3) is 0 Å². The van der Waals surface area contributed by atoms with Gasteiger partial charge in [0.05, 0.1) is 17.6 Å². The summed E-state index contributed by atoms with van der Waals surface area (Å²) in [5, 5.41) is 17.9.